The van der Waals surface area contributed by atoms with Crippen LogP contribution in [0.15, 0.2) is 40.4 Å². The first kappa shape index (κ1) is 23.4. The molecule has 0 aliphatic carbocycles. The number of nitrogens with zero attached hydrogens (tertiary/aromatic N) is 2. The smallest absolute Gasteiger partial charge is 0.342 e. The Labute approximate surface area is 191 Å². The number of carbonyl (C=O) groups is 1. The second kappa shape index (κ2) is 10.4. The van der Waals surface area contributed by atoms with E-state index in [0.717, 1.165) is 17.3 Å². The first-order valence-corrected chi connectivity index (χ1v) is 11.1. The Bertz CT molecular complexity index is 1130. The van der Waals surface area contributed by atoms with Gasteiger partial charge in [-0.15, -0.1) is 5.10 Å². The quantitative estimate of drug-likeness (QED) is 0.338. The predicted molar refractivity (Wildman–Crippen MR) is 125 cm³/mol. The molecule has 32 heavy (non-hydrogen) atoms. The minimum Gasteiger partial charge on any atom is -0.490 e. The van der Waals surface area contributed by atoms with Crippen LogP contribution in [0, 0.1) is 27.7 Å². The van der Waals surface area contributed by atoms with Crippen LogP contribution in [0.25, 0.3) is 6.08 Å². The zero-order valence-corrected chi connectivity index (χ0v) is 19.7. The van der Waals surface area contributed by atoms with E-state index in [1.54, 1.807) is 31.2 Å². The van der Waals surface area contributed by atoms with Crippen molar-refractivity contribution in [3.05, 3.63) is 68.9 Å². The SMILES string of the molecule is CCOc1cc(/C=C(\Sc2n[nH]c(C)n2)C(=O)O)ccc1OCc1c(C)cc(C)cc1C. The van der Waals surface area contributed by atoms with Gasteiger partial charge in [0.15, 0.2) is 11.5 Å². The van der Waals surface area contributed by atoms with Crippen LogP contribution in [0.5, 0.6) is 11.5 Å². The lowest BCUT2D eigenvalue weighted by Crippen LogP contribution is -2.03. The standard InChI is InChI=1S/C24H27N3O4S/c1-6-30-21-11-18(12-22(23(28)29)32-24-25-17(5)26-27-24)7-8-20(21)31-13-19-15(3)9-14(2)10-16(19)4/h7-12H,6,13H2,1-5H3,(H,28,29)(H,25,26,27)/b22-12-. The van der Waals surface area contributed by atoms with Gasteiger partial charge < -0.3 is 14.6 Å². The molecule has 1 aromatic heterocycles. The van der Waals surface area contributed by atoms with Gasteiger partial charge in [-0.25, -0.2) is 9.78 Å². The molecular formula is C24H27N3O4S. The lowest BCUT2D eigenvalue weighted by Gasteiger charge is -2.16. The third kappa shape index (κ3) is 5.91. The fourth-order valence-electron chi connectivity index (χ4n) is 3.34. The predicted octanol–water partition coefficient (Wildman–Crippen LogP) is 5.23. The highest BCUT2D eigenvalue weighted by atomic mass is 32.2. The summed E-state index contributed by atoms with van der Waals surface area (Å²) in [5.74, 6) is 0.738. The molecule has 0 radical (unpaired) electrons. The van der Waals surface area contributed by atoms with Crippen LogP contribution in [0.4, 0.5) is 0 Å². The molecule has 0 saturated carbocycles. The van der Waals surface area contributed by atoms with Crippen LogP contribution in [0.1, 0.15) is 40.6 Å². The van der Waals surface area contributed by atoms with Crippen molar-refractivity contribution in [1.29, 1.82) is 0 Å². The van der Waals surface area contributed by atoms with E-state index >= 15 is 0 Å². The molecule has 0 atom stereocenters. The summed E-state index contributed by atoms with van der Waals surface area (Å²) in [4.78, 5) is 16.0. The Kier molecular flexibility index (Phi) is 7.58. The zero-order valence-electron chi connectivity index (χ0n) is 18.9. The van der Waals surface area contributed by atoms with E-state index in [9.17, 15) is 9.90 Å². The molecule has 0 fully saturated rings. The molecule has 7 nitrogen and oxygen atoms in total. The monoisotopic (exact) mass is 453 g/mol. The Morgan fingerprint density at radius 2 is 1.81 bits per heavy atom. The van der Waals surface area contributed by atoms with Crippen molar-refractivity contribution in [2.75, 3.05) is 6.61 Å². The summed E-state index contributed by atoms with van der Waals surface area (Å²) in [6.07, 6.45) is 1.57. The number of aromatic amines is 1. The third-order valence-electron chi connectivity index (χ3n) is 4.77. The number of aryl methyl sites for hydroxylation is 4. The average molecular weight is 454 g/mol. The highest BCUT2D eigenvalue weighted by Gasteiger charge is 2.15. The van der Waals surface area contributed by atoms with E-state index in [0.29, 0.717) is 41.3 Å². The molecule has 0 amide bonds. The number of ether oxygens (including phenoxy) is 2. The van der Waals surface area contributed by atoms with Gasteiger partial charge in [-0.3, -0.25) is 5.10 Å². The fraction of sp³-hybridized carbons (Fsp3) is 0.292. The van der Waals surface area contributed by atoms with Crippen molar-refractivity contribution in [2.24, 2.45) is 0 Å². The van der Waals surface area contributed by atoms with Gasteiger partial charge in [-0.2, -0.15) is 0 Å². The molecule has 0 saturated heterocycles. The number of H-pyrrole nitrogens is 1. The van der Waals surface area contributed by atoms with Gasteiger partial charge in [0.1, 0.15) is 17.3 Å². The minimum atomic E-state index is -1.05. The van der Waals surface area contributed by atoms with Gasteiger partial charge in [0.05, 0.1) is 6.61 Å². The van der Waals surface area contributed by atoms with Crippen LogP contribution in [0.2, 0.25) is 0 Å². The highest BCUT2D eigenvalue weighted by molar-refractivity contribution is 8.04. The van der Waals surface area contributed by atoms with Crippen molar-refractivity contribution >= 4 is 23.8 Å². The first-order valence-electron chi connectivity index (χ1n) is 10.2. The first-order chi connectivity index (χ1) is 15.3. The molecule has 3 aromatic rings. The number of rotatable bonds is 9. The molecule has 0 aliphatic heterocycles. The molecule has 0 unspecified atom stereocenters. The van der Waals surface area contributed by atoms with Gasteiger partial charge in [0, 0.05) is 0 Å². The van der Waals surface area contributed by atoms with Crippen molar-refractivity contribution in [3.63, 3.8) is 0 Å². The fourth-order valence-corrected chi connectivity index (χ4v) is 4.09. The second-order valence-electron chi connectivity index (χ2n) is 7.42. The largest absolute Gasteiger partial charge is 0.490 e. The highest BCUT2D eigenvalue weighted by Crippen LogP contribution is 2.32. The normalized spacial score (nSPS) is 11.5. The summed E-state index contributed by atoms with van der Waals surface area (Å²) < 4.78 is 11.9. The number of thioether (sulfide) groups is 1. The topological polar surface area (TPSA) is 97.3 Å². The maximum Gasteiger partial charge on any atom is 0.342 e. The number of hydrogen-bond donors (Lipinski definition) is 2. The van der Waals surface area contributed by atoms with E-state index in [-0.39, 0.29) is 4.91 Å². The van der Waals surface area contributed by atoms with E-state index in [2.05, 4.69) is 48.1 Å². The van der Waals surface area contributed by atoms with E-state index < -0.39 is 5.97 Å². The molecule has 1 heterocycles. The number of aromatic nitrogens is 3. The molecular weight excluding hydrogens is 426 g/mol. The maximum absolute atomic E-state index is 11.7. The van der Waals surface area contributed by atoms with Gasteiger partial charge in [0.2, 0.25) is 5.16 Å². The van der Waals surface area contributed by atoms with Crippen molar-refractivity contribution in [2.45, 2.75) is 46.4 Å². The molecule has 168 valence electrons. The Balaban J connectivity index is 1.84. The summed E-state index contributed by atoms with van der Waals surface area (Å²) in [6.45, 7) is 10.8. The average Bonchev–Trinajstić information content (AvgIpc) is 3.13. The maximum atomic E-state index is 11.7. The lowest BCUT2D eigenvalue weighted by atomic mass is 10.0. The molecule has 3 rings (SSSR count). The molecule has 2 aromatic carbocycles. The van der Waals surface area contributed by atoms with Crippen molar-refractivity contribution in [3.8, 4) is 11.5 Å². The number of aliphatic carboxylic acids is 1. The summed E-state index contributed by atoms with van der Waals surface area (Å²) >= 11 is 0.984. The minimum absolute atomic E-state index is 0.103. The van der Waals surface area contributed by atoms with Crippen LogP contribution in [-0.4, -0.2) is 32.9 Å². The summed E-state index contributed by atoms with van der Waals surface area (Å²) in [7, 11) is 0. The number of carboxylic acids is 1. The summed E-state index contributed by atoms with van der Waals surface area (Å²) in [5.41, 5.74) is 5.42. The molecule has 0 spiro atoms. The number of hydrogen-bond acceptors (Lipinski definition) is 6. The zero-order chi connectivity index (χ0) is 23.3. The molecule has 0 aliphatic rings. The van der Waals surface area contributed by atoms with Gasteiger partial charge >= 0.3 is 5.97 Å². The molecule has 8 heteroatoms. The van der Waals surface area contributed by atoms with Crippen LogP contribution in [0.3, 0.4) is 0 Å². The van der Waals surface area contributed by atoms with Crippen molar-refractivity contribution < 1.29 is 19.4 Å². The lowest BCUT2D eigenvalue weighted by molar-refractivity contribution is -0.131. The Morgan fingerprint density at radius 1 is 1.09 bits per heavy atom. The van der Waals surface area contributed by atoms with E-state index in [1.807, 2.05) is 6.92 Å². The van der Waals surface area contributed by atoms with Crippen LogP contribution >= 0.6 is 11.8 Å². The number of benzene rings is 2. The Morgan fingerprint density at radius 3 is 2.41 bits per heavy atom. The van der Waals surface area contributed by atoms with Gasteiger partial charge in [-0.1, -0.05) is 23.8 Å². The number of carboxylic acid groups (broad SMARTS) is 1. The van der Waals surface area contributed by atoms with E-state index in [4.69, 9.17) is 9.47 Å². The van der Waals surface area contributed by atoms with Crippen LogP contribution in [-0.2, 0) is 11.4 Å². The van der Waals surface area contributed by atoms with Crippen molar-refractivity contribution in [1.82, 2.24) is 15.2 Å². The summed E-state index contributed by atoms with van der Waals surface area (Å²) in [6, 6.07) is 9.67. The summed E-state index contributed by atoms with van der Waals surface area (Å²) in [5, 5.41) is 16.7. The molecule has 0 bridgehead atoms. The number of nitrogens with one attached hydrogen (secondary N) is 1. The van der Waals surface area contributed by atoms with Crippen LogP contribution < -0.4 is 9.47 Å². The molecule has 2 N–H and O–H groups in total. The van der Waals surface area contributed by atoms with Gasteiger partial charge in [0.25, 0.3) is 0 Å². The van der Waals surface area contributed by atoms with Gasteiger partial charge in [-0.05, 0) is 86.8 Å². The Hall–Kier alpha value is -3.26. The second-order valence-corrected chi connectivity index (χ2v) is 8.43. The van der Waals surface area contributed by atoms with E-state index in [1.165, 1.54) is 16.7 Å². The third-order valence-corrected chi connectivity index (χ3v) is 5.64.